The van der Waals surface area contributed by atoms with Crippen LogP contribution in [0.25, 0.3) is 0 Å². The molecule has 2 heterocycles. The van der Waals surface area contributed by atoms with Gasteiger partial charge in [-0.15, -0.1) is 0 Å². The lowest BCUT2D eigenvalue weighted by molar-refractivity contribution is 0.0786. The highest BCUT2D eigenvalue weighted by molar-refractivity contribution is 4.98. The Morgan fingerprint density at radius 3 is 2.62 bits per heavy atom. The summed E-state index contributed by atoms with van der Waals surface area (Å²) >= 11 is 0. The largest absolute Gasteiger partial charge is 0.393 e. The van der Waals surface area contributed by atoms with Crippen LogP contribution in [0.2, 0.25) is 0 Å². The highest BCUT2D eigenvalue weighted by Gasteiger charge is 2.17. The number of rotatable bonds is 2. The van der Waals surface area contributed by atoms with Crippen molar-refractivity contribution in [2.45, 2.75) is 25.5 Å². The van der Waals surface area contributed by atoms with Gasteiger partial charge in [0, 0.05) is 31.4 Å². The molecule has 88 valence electrons. The van der Waals surface area contributed by atoms with Gasteiger partial charge in [-0.2, -0.15) is 0 Å². The van der Waals surface area contributed by atoms with Crippen LogP contribution in [0.3, 0.4) is 0 Å². The first-order chi connectivity index (χ1) is 7.63. The van der Waals surface area contributed by atoms with Gasteiger partial charge >= 0.3 is 5.69 Å². The summed E-state index contributed by atoms with van der Waals surface area (Å²) < 4.78 is 0. The van der Waals surface area contributed by atoms with Crippen molar-refractivity contribution in [2.24, 2.45) is 0 Å². The molecule has 0 saturated carbocycles. The molecule has 16 heavy (non-hydrogen) atoms. The second-order valence-corrected chi connectivity index (χ2v) is 4.12. The van der Waals surface area contributed by atoms with Gasteiger partial charge < -0.3 is 10.1 Å². The van der Waals surface area contributed by atoms with Gasteiger partial charge in [0.05, 0.1) is 6.10 Å². The number of likely N-dealkylation sites (tertiary alicyclic amines) is 1. The Labute approximate surface area is 91.9 Å². The smallest absolute Gasteiger partial charge is 0.325 e. The minimum absolute atomic E-state index is 0.213. The number of piperidine rings is 1. The molecule has 0 atom stereocenters. The molecule has 0 amide bonds. The fourth-order valence-electron chi connectivity index (χ4n) is 1.92. The molecule has 1 fully saturated rings. The van der Waals surface area contributed by atoms with Gasteiger partial charge in [-0.3, -0.25) is 14.7 Å². The van der Waals surface area contributed by atoms with Gasteiger partial charge in [0.15, 0.2) is 0 Å². The van der Waals surface area contributed by atoms with E-state index in [1.165, 1.54) is 6.07 Å². The maximum atomic E-state index is 11.1. The van der Waals surface area contributed by atoms with Crippen molar-refractivity contribution in [3.8, 4) is 0 Å². The number of H-pyrrole nitrogens is 2. The number of nitrogens with one attached hydrogen (secondary N) is 2. The quantitative estimate of drug-likeness (QED) is 0.603. The Kier molecular flexibility index (Phi) is 3.21. The lowest BCUT2D eigenvalue weighted by Gasteiger charge is -2.29. The fourth-order valence-corrected chi connectivity index (χ4v) is 1.92. The normalized spacial score (nSPS) is 18.8. The molecular formula is C10H15N3O3. The van der Waals surface area contributed by atoms with E-state index in [9.17, 15) is 14.7 Å². The second-order valence-electron chi connectivity index (χ2n) is 4.12. The van der Waals surface area contributed by atoms with Crippen molar-refractivity contribution in [3.05, 3.63) is 32.6 Å². The van der Waals surface area contributed by atoms with Crippen LogP contribution >= 0.6 is 0 Å². The summed E-state index contributed by atoms with van der Waals surface area (Å²) in [4.78, 5) is 28.9. The van der Waals surface area contributed by atoms with Crippen LogP contribution in [-0.4, -0.2) is 39.2 Å². The fraction of sp³-hybridized carbons (Fsp3) is 0.600. The number of aliphatic hydroxyl groups is 1. The Balaban J connectivity index is 2.04. The summed E-state index contributed by atoms with van der Waals surface area (Å²) in [5.41, 5.74) is -0.236. The van der Waals surface area contributed by atoms with E-state index in [1.807, 2.05) is 0 Å². The van der Waals surface area contributed by atoms with Crippen molar-refractivity contribution >= 4 is 0 Å². The number of hydrogen-bond acceptors (Lipinski definition) is 4. The summed E-state index contributed by atoms with van der Waals surface area (Å²) in [5, 5.41) is 9.34. The van der Waals surface area contributed by atoms with Crippen LogP contribution in [0.4, 0.5) is 0 Å². The summed E-state index contributed by atoms with van der Waals surface area (Å²) in [5.74, 6) is 0. The van der Waals surface area contributed by atoms with Crippen molar-refractivity contribution in [3.63, 3.8) is 0 Å². The maximum absolute atomic E-state index is 11.1. The number of nitrogens with zero attached hydrogens (tertiary/aromatic N) is 1. The van der Waals surface area contributed by atoms with Crippen molar-refractivity contribution in [2.75, 3.05) is 13.1 Å². The van der Waals surface area contributed by atoms with Crippen LogP contribution < -0.4 is 11.2 Å². The van der Waals surface area contributed by atoms with Crippen LogP contribution in [-0.2, 0) is 6.54 Å². The lowest BCUT2D eigenvalue weighted by Crippen LogP contribution is -2.36. The molecular weight excluding hydrogens is 210 g/mol. The van der Waals surface area contributed by atoms with Gasteiger partial charge in [-0.1, -0.05) is 0 Å². The third kappa shape index (κ3) is 2.80. The van der Waals surface area contributed by atoms with Gasteiger partial charge in [-0.25, -0.2) is 4.79 Å². The minimum atomic E-state index is -0.473. The second kappa shape index (κ2) is 4.63. The number of aliphatic hydroxyl groups excluding tert-OH is 1. The molecule has 2 rings (SSSR count). The highest BCUT2D eigenvalue weighted by Crippen LogP contribution is 2.11. The molecule has 1 aromatic rings. The average Bonchev–Trinajstić information content (AvgIpc) is 2.20. The molecule has 1 aliphatic heterocycles. The van der Waals surface area contributed by atoms with Gasteiger partial charge in [0.2, 0.25) is 0 Å². The summed E-state index contributed by atoms with van der Waals surface area (Å²) in [6.07, 6.45) is 1.27. The predicted molar refractivity (Wildman–Crippen MR) is 58.2 cm³/mol. The summed E-state index contributed by atoms with van der Waals surface area (Å²) in [6.45, 7) is 2.12. The molecule has 0 aromatic carbocycles. The first-order valence-electron chi connectivity index (χ1n) is 5.36. The first kappa shape index (κ1) is 11.1. The Bertz CT molecular complexity index is 429. The Hall–Kier alpha value is -1.40. The van der Waals surface area contributed by atoms with E-state index in [-0.39, 0.29) is 11.7 Å². The topological polar surface area (TPSA) is 89.2 Å². The molecule has 0 aliphatic carbocycles. The molecule has 1 aromatic heterocycles. The molecule has 1 aliphatic rings. The van der Waals surface area contributed by atoms with Crippen molar-refractivity contribution < 1.29 is 5.11 Å². The van der Waals surface area contributed by atoms with E-state index < -0.39 is 5.69 Å². The molecule has 0 unspecified atom stereocenters. The standard InChI is InChI=1S/C10H15N3O3/c14-8-1-3-13(4-2-8)6-7-5-9(15)12-10(16)11-7/h5,8,14H,1-4,6H2,(H2,11,12,15,16). The van der Waals surface area contributed by atoms with Gasteiger partial charge in [0.25, 0.3) is 5.56 Å². The van der Waals surface area contributed by atoms with E-state index in [0.29, 0.717) is 12.2 Å². The molecule has 1 saturated heterocycles. The highest BCUT2D eigenvalue weighted by atomic mass is 16.3. The van der Waals surface area contributed by atoms with E-state index >= 15 is 0 Å². The predicted octanol–water partition coefficient (Wildman–Crippen LogP) is -0.980. The molecule has 6 nitrogen and oxygen atoms in total. The number of hydrogen-bond donors (Lipinski definition) is 3. The lowest BCUT2D eigenvalue weighted by atomic mass is 10.1. The molecule has 0 bridgehead atoms. The van der Waals surface area contributed by atoms with Crippen LogP contribution in [0.1, 0.15) is 18.5 Å². The minimum Gasteiger partial charge on any atom is -0.393 e. The molecule has 3 N–H and O–H groups in total. The number of aromatic amines is 2. The van der Waals surface area contributed by atoms with Crippen LogP contribution in [0, 0.1) is 0 Å². The van der Waals surface area contributed by atoms with E-state index in [2.05, 4.69) is 14.9 Å². The molecule has 0 radical (unpaired) electrons. The molecule has 6 heteroatoms. The maximum Gasteiger partial charge on any atom is 0.325 e. The van der Waals surface area contributed by atoms with Crippen molar-refractivity contribution in [1.82, 2.24) is 14.9 Å². The zero-order chi connectivity index (χ0) is 11.5. The van der Waals surface area contributed by atoms with E-state index in [4.69, 9.17) is 0 Å². The van der Waals surface area contributed by atoms with E-state index in [0.717, 1.165) is 25.9 Å². The third-order valence-corrected chi connectivity index (χ3v) is 2.77. The van der Waals surface area contributed by atoms with Crippen molar-refractivity contribution in [1.29, 1.82) is 0 Å². The third-order valence-electron chi connectivity index (χ3n) is 2.77. The monoisotopic (exact) mass is 225 g/mol. The SMILES string of the molecule is O=c1cc(CN2CCC(O)CC2)[nH]c(=O)[nH]1. The average molecular weight is 225 g/mol. The first-order valence-corrected chi connectivity index (χ1v) is 5.36. The summed E-state index contributed by atoms with van der Waals surface area (Å²) in [7, 11) is 0. The van der Waals surface area contributed by atoms with E-state index in [1.54, 1.807) is 0 Å². The Morgan fingerprint density at radius 1 is 1.31 bits per heavy atom. The summed E-state index contributed by atoms with van der Waals surface area (Å²) in [6, 6.07) is 1.40. The van der Waals surface area contributed by atoms with Crippen LogP contribution in [0.15, 0.2) is 15.7 Å². The van der Waals surface area contributed by atoms with Crippen LogP contribution in [0.5, 0.6) is 0 Å². The zero-order valence-electron chi connectivity index (χ0n) is 8.90. The molecule has 0 spiro atoms. The Morgan fingerprint density at radius 2 is 2.00 bits per heavy atom. The van der Waals surface area contributed by atoms with Gasteiger partial charge in [0.1, 0.15) is 0 Å². The zero-order valence-corrected chi connectivity index (χ0v) is 8.90. The van der Waals surface area contributed by atoms with Gasteiger partial charge in [-0.05, 0) is 12.8 Å². The number of aromatic nitrogens is 2.